The van der Waals surface area contributed by atoms with E-state index in [-0.39, 0.29) is 0 Å². The molecule has 0 atom stereocenters. The van der Waals surface area contributed by atoms with Crippen molar-refractivity contribution in [2.45, 2.75) is 19.6 Å². The maximum Gasteiger partial charge on any atom is 0.416 e. The summed E-state index contributed by atoms with van der Waals surface area (Å²) in [7, 11) is 0. The summed E-state index contributed by atoms with van der Waals surface area (Å²) >= 11 is 0. The molecule has 0 bridgehead atoms. The number of fused-ring (bicyclic) bond motifs is 1. The lowest BCUT2D eigenvalue weighted by atomic mass is 10.0. The number of hydrogen-bond donors (Lipinski definition) is 0. The zero-order valence-electron chi connectivity index (χ0n) is 19.8. The van der Waals surface area contributed by atoms with Crippen LogP contribution in [0.5, 0.6) is 5.75 Å². The normalized spacial score (nSPS) is 11.5. The van der Waals surface area contributed by atoms with E-state index in [1.807, 2.05) is 66.7 Å². The summed E-state index contributed by atoms with van der Waals surface area (Å²) in [4.78, 5) is 20.7. The molecule has 5 rings (SSSR count). The number of alkyl halides is 3. The molecule has 0 aliphatic heterocycles. The number of benzene rings is 4. The number of nitrogens with zero attached hydrogens (tertiary/aromatic N) is 1. The van der Waals surface area contributed by atoms with Crippen LogP contribution in [0.2, 0.25) is 0 Å². The molecule has 0 spiro atoms. The molecular weight excluding hydrogens is 479 g/mol. The number of rotatable bonds is 6. The van der Waals surface area contributed by atoms with Gasteiger partial charge in [-0.3, -0.25) is 9.78 Å². The van der Waals surface area contributed by atoms with Crippen LogP contribution in [-0.2, 0) is 22.4 Å². The van der Waals surface area contributed by atoms with Crippen molar-refractivity contribution in [2.24, 2.45) is 0 Å². The minimum absolute atomic E-state index is 0.401. The lowest BCUT2D eigenvalue weighted by Crippen LogP contribution is -2.07. The van der Waals surface area contributed by atoms with Crippen molar-refractivity contribution in [3.8, 4) is 28.3 Å². The number of aromatic nitrogens is 1. The van der Waals surface area contributed by atoms with Gasteiger partial charge in [0.2, 0.25) is 0 Å². The summed E-state index contributed by atoms with van der Waals surface area (Å²) in [6.07, 6.45) is -4.37. The first-order valence-corrected chi connectivity index (χ1v) is 11.6. The molecule has 0 radical (unpaired) electrons. The number of halogens is 3. The Hall–Kier alpha value is -4.52. The lowest BCUT2D eigenvalue weighted by molar-refractivity contribution is -0.210. The number of carbonyl (C=O) groups is 1. The van der Waals surface area contributed by atoms with Crippen LogP contribution in [0.3, 0.4) is 0 Å². The molecule has 0 N–H and O–H groups in total. The highest BCUT2D eigenvalue weighted by molar-refractivity contribution is 5.88. The molecule has 7 heteroatoms. The topological polar surface area (TPSA) is 40.5 Å². The Balaban J connectivity index is 1.53. The van der Waals surface area contributed by atoms with E-state index in [4.69, 9.17) is 4.89 Å². The Kier molecular flexibility index (Phi) is 6.44. The maximum absolute atomic E-state index is 13.1. The van der Waals surface area contributed by atoms with Crippen molar-refractivity contribution in [1.29, 1.82) is 0 Å². The summed E-state index contributed by atoms with van der Waals surface area (Å²) in [6.45, 7) is 1.66. The van der Waals surface area contributed by atoms with E-state index in [9.17, 15) is 18.0 Å². The molecule has 0 aliphatic carbocycles. The molecule has 1 heterocycles. The van der Waals surface area contributed by atoms with E-state index in [0.717, 1.165) is 51.0 Å². The predicted octanol–water partition coefficient (Wildman–Crippen LogP) is 7.90. The quantitative estimate of drug-likeness (QED) is 0.175. The van der Waals surface area contributed by atoms with Gasteiger partial charge in [0.1, 0.15) is 0 Å². The third-order valence-corrected chi connectivity index (χ3v) is 6.03. The van der Waals surface area contributed by atoms with E-state index >= 15 is 0 Å². The summed E-state index contributed by atoms with van der Waals surface area (Å²) in [5, 5.41) is 1.86. The predicted molar refractivity (Wildman–Crippen MR) is 136 cm³/mol. The summed E-state index contributed by atoms with van der Waals surface area (Å²) in [6, 6.07) is 30.5. The molecule has 37 heavy (non-hydrogen) atoms. The third kappa shape index (κ3) is 5.35. The smallest absolute Gasteiger partial charge is 0.336 e. The molecule has 0 amide bonds. The Morgan fingerprint density at radius 1 is 0.757 bits per heavy atom. The molecule has 0 aliphatic rings. The monoisotopic (exact) mass is 501 g/mol. The molecule has 0 saturated carbocycles. The van der Waals surface area contributed by atoms with Gasteiger partial charge in [-0.25, -0.2) is 4.79 Å². The van der Waals surface area contributed by atoms with Gasteiger partial charge in [-0.05, 0) is 69.9 Å². The summed E-state index contributed by atoms with van der Waals surface area (Å²) < 4.78 is 41.3. The standard InChI is InChI=1S/C30H22F3NO3/c1-20(35)36-37-27-14-11-23-17-25(10-9-24(23)18-27)29-16-15-28(22-5-3-2-4-6-22)34(29)19-21-7-12-26(13-8-21)30(31,32)33/h2-18H,19H2,1H3. The largest absolute Gasteiger partial charge is 0.416 e. The molecule has 1 aromatic heterocycles. The molecule has 186 valence electrons. The highest BCUT2D eigenvalue weighted by Crippen LogP contribution is 2.33. The first kappa shape index (κ1) is 24.2. The van der Waals surface area contributed by atoms with Crippen molar-refractivity contribution in [2.75, 3.05) is 0 Å². The minimum Gasteiger partial charge on any atom is -0.336 e. The van der Waals surface area contributed by atoms with Crippen molar-refractivity contribution in [1.82, 2.24) is 4.57 Å². The van der Waals surface area contributed by atoms with E-state index in [0.29, 0.717) is 12.3 Å². The van der Waals surface area contributed by atoms with Crippen LogP contribution in [-0.4, -0.2) is 10.5 Å². The van der Waals surface area contributed by atoms with E-state index < -0.39 is 17.7 Å². The highest BCUT2D eigenvalue weighted by Gasteiger charge is 2.30. The molecule has 0 saturated heterocycles. The van der Waals surface area contributed by atoms with Crippen LogP contribution in [0.4, 0.5) is 13.2 Å². The van der Waals surface area contributed by atoms with Gasteiger partial charge in [-0.1, -0.05) is 60.7 Å². The Morgan fingerprint density at radius 3 is 2.08 bits per heavy atom. The maximum atomic E-state index is 13.1. The van der Waals surface area contributed by atoms with Gasteiger partial charge in [0.15, 0.2) is 5.75 Å². The van der Waals surface area contributed by atoms with Crippen LogP contribution in [0.15, 0.2) is 103 Å². The van der Waals surface area contributed by atoms with Gasteiger partial charge < -0.3 is 4.57 Å². The fourth-order valence-electron chi connectivity index (χ4n) is 4.27. The summed E-state index contributed by atoms with van der Waals surface area (Å²) in [5.41, 5.74) is 3.94. The highest BCUT2D eigenvalue weighted by atomic mass is 19.4. The van der Waals surface area contributed by atoms with Gasteiger partial charge in [0, 0.05) is 24.9 Å². The first-order chi connectivity index (χ1) is 17.8. The second-order valence-electron chi connectivity index (χ2n) is 8.63. The van der Waals surface area contributed by atoms with Crippen molar-refractivity contribution in [3.63, 3.8) is 0 Å². The zero-order chi connectivity index (χ0) is 26.0. The zero-order valence-corrected chi connectivity index (χ0v) is 19.8. The van der Waals surface area contributed by atoms with Gasteiger partial charge in [0.25, 0.3) is 0 Å². The molecule has 4 nitrogen and oxygen atoms in total. The fraction of sp³-hybridized carbons (Fsp3) is 0.100. The van der Waals surface area contributed by atoms with Crippen molar-refractivity contribution >= 4 is 16.7 Å². The SMILES string of the molecule is CC(=O)OOc1ccc2cc(-c3ccc(-c4ccccc4)n3Cc3ccc(C(F)(F)F)cc3)ccc2c1. The third-order valence-electron chi connectivity index (χ3n) is 6.03. The van der Waals surface area contributed by atoms with E-state index in [1.165, 1.54) is 19.1 Å². The number of hydrogen-bond acceptors (Lipinski definition) is 3. The van der Waals surface area contributed by atoms with E-state index in [2.05, 4.69) is 9.45 Å². The van der Waals surface area contributed by atoms with Crippen LogP contribution in [0.25, 0.3) is 33.3 Å². The first-order valence-electron chi connectivity index (χ1n) is 11.6. The van der Waals surface area contributed by atoms with Crippen LogP contribution >= 0.6 is 0 Å². The van der Waals surface area contributed by atoms with Crippen molar-refractivity contribution < 1.29 is 27.7 Å². The Morgan fingerprint density at radius 2 is 1.41 bits per heavy atom. The molecule has 4 aromatic carbocycles. The number of carbonyl (C=O) groups excluding carboxylic acids is 1. The summed E-state index contributed by atoms with van der Waals surface area (Å²) in [5.74, 6) is -0.133. The second kappa shape index (κ2) is 9.85. The fourth-order valence-corrected chi connectivity index (χ4v) is 4.27. The van der Waals surface area contributed by atoms with Crippen LogP contribution in [0, 0.1) is 0 Å². The van der Waals surface area contributed by atoms with Crippen LogP contribution in [0.1, 0.15) is 18.1 Å². The molecule has 5 aromatic rings. The molecular formula is C30H22F3NO3. The van der Waals surface area contributed by atoms with Crippen molar-refractivity contribution in [3.05, 3.63) is 114 Å². The average molecular weight is 502 g/mol. The lowest BCUT2D eigenvalue weighted by Gasteiger charge is -2.16. The molecule has 0 unspecified atom stereocenters. The minimum atomic E-state index is -4.37. The molecule has 0 fully saturated rings. The Bertz CT molecular complexity index is 1560. The van der Waals surface area contributed by atoms with Gasteiger partial charge in [-0.15, -0.1) is 0 Å². The van der Waals surface area contributed by atoms with Gasteiger partial charge in [-0.2, -0.15) is 13.2 Å². The van der Waals surface area contributed by atoms with Gasteiger partial charge in [0.05, 0.1) is 5.56 Å². The van der Waals surface area contributed by atoms with Crippen LogP contribution < -0.4 is 4.89 Å². The van der Waals surface area contributed by atoms with E-state index in [1.54, 1.807) is 12.1 Å². The Labute approximate surface area is 211 Å². The van der Waals surface area contributed by atoms with Gasteiger partial charge >= 0.3 is 12.1 Å². The average Bonchev–Trinajstić information content (AvgIpc) is 3.30. The second-order valence-corrected chi connectivity index (χ2v) is 8.63.